The molecule has 2 N–H and O–H groups in total. The van der Waals surface area contributed by atoms with E-state index in [1.54, 1.807) is 31.2 Å². The van der Waals surface area contributed by atoms with Crippen molar-refractivity contribution >= 4 is 5.78 Å². The lowest BCUT2D eigenvalue weighted by Crippen LogP contribution is -1.98. The highest BCUT2D eigenvalue weighted by Gasteiger charge is 1.93. The molecule has 0 saturated carbocycles. The van der Waals surface area contributed by atoms with Crippen LogP contribution >= 0.6 is 0 Å². The van der Waals surface area contributed by atoms with E-state index in [0.29, 0.717) is 19.3 Å². The lowest BCUT2D eigenvalue weighted by atomic mass is 10.2. The Kier molecular flexibility index (Phi) is 16.5. The molecular formula is C23H34O3. The minimum absolute atomic E-state index is 0.213. The highest BCUT2D eigenvalue weighted by molar-refractivity contribution is 5.75. The fraction of sp³-hybridized carbons (Fsp3) is 0.435. The van der Waals surface area contributed by atoms with E-state index in [4.69, 9.17) is 0 Å². The van der Waals surface area contributed by atoms with E-state index >= 15 is 0 Å². The Morgan fingerprint density at radius 3 is 1.88 bits per heavy atom. The van der Waals surface area contributed by atoms with Crippen LogP contribution in [0.4, 0.5) is 0 Å². The molecule has 0 heterocycles. The Bertz CT molecular complexity index is 522. The second-order valence-corrected chi connectivity index (χ2v) is 6.06. The van der Waals surface area contributed by atoms with Crippen molar-refractivity contribution in [2.24, 2.45) is 0 Å². The second-order valence-electron chi connectivity index (χ2n) is 6.06. The van der Waals surface area contributed by atoms with Crippen LogP contribution in [-0.2, 0) is 4.79 Å². The molecule has 0 aliphatic heterocycles. The summed E-state index contributed by atoms with van der Waals surface area (Å²) in [5.74, 6) is 0.213. The zero-order valence-corrected chi connectivity index (χ0v) is 16.1. The van der Waals surface area contributed by atoms with Crippen molar-refractivity contribution in [3.05, 3.63) is 72.9 Å². The van der Waals surface area contributed by atoms with Gasteiger partial charge in [0.2, 0.25) is 0 Å². The van der Waals surface area contributed by atoms with Crippen LogP contribution in [-0.4, -0.2) is 28.2 Å². The fourth-order valence-electron chi connectivity index (χ4n) is 1.98. The highest BCUT2D eigenvalue weighted by Crippen LogP contribution is 2.00. The first-order valence-corrected chi connectivity index (χ1v) is 9.38. The summed E-state index contributed by atoms with van der Waals surface area (Å²) in [6.45, 7) is 3.66. The molecule has 0 radical (unpaired) electrons. The third-order valence-electron chi connectivity index (χ3n) is 3.43. The van der Waals surface area contributed by atoms with Crippen LogP contribution in [0.2, 0.25) is 0 Å². The Labute approximate surface area is 158 Å². The van der Waals surface area contributed by atoms with E-state index in [9.17, 15) is 15.0 Å². The first kappa shape index (κ1) is 24.0. The number of allylic oxidation sites excluding steroid dienone is 8. The van der Waals surface area contributed by atoms with Gasteiger partial charge in [-0.15, -0.1) is 0 Å². The van der Waals surface area contributed by atoms with Gasteiger partial charge in [0, 0.05) is 6.42 Å². The van der Waals surface area contributed by atoms with Crippen LogP contribution in [0, 0.1) is 0 Å². The first-order valence-electron chi connectivity index (χ1n) is 9.38. The van der Waals surface area contributed by atoms with Gasteiger partial charge in [0.05, 0.1) is 12.2 Å². The van der Waals surface area contributed by atoms with E-state index in [2.05, 4.69) is 6.92 Å². The third-order valence-corrected chi connectivity index (χ3v) is 3.43. The molecule has 0 fully saturated rings. The maximum Gasteiger partial charge on any atom is 0.130 e. The normalized spacial score (nSPS) is 15.5. The van der Waals surface area contributed by atoms with Crippen molar-refractivity contribution in [2.45, 2.75) is 64.6 Å². The van der Waals surface area contributed by atoms with Gasteiger partial charge in [-0.25, -0.2) is 0 Å². The van der Waals surface area contributed by atoms with Gasteiger partial charge < -0.3 is 15.0 Å². The predicted octanol–water partition coefficient (Wildman–Crippen LogP) is 4.99. The summed E-state index contributed by atoms with van der Waals surface area (Å²) in [5.41, 5.74) is 0. The molecule has 3 nitrogen and oxygen atoms in total. The lowest BCUT2D eigenvalue weighted by Gasteiger charge is -1.99. The van der Waals surface area contributed by atoms with Gasteiger partial charge in [0.15, 0.2) is 0 Å². The van der Waals surface area contributed by atoms with Crippen molar-refractivity contribution in [3.8, 4) is 0 Å². The number of rotatable bonds is 14. The number of hydrogen-bond donors (Lipinski definition) is 2. The molecule has 26 heavy (non-hydrogen) atoms. The largest absolute Gasteiger partial charge is 0.389 e. The van der Waals surface area contributed by atoms with Gasteiger partial charge in [-0.1, -0.05) is 79.8 Å². The van der Waals surface area contributed by atoms with Crippen molar-refractivity contribution in [2.75, 3.05) is 0 Å². The molecule has 0 rings (SSSR count). The number of ketones is 1. The molecule has 0 amide bonds. The number of carbonyl (C=O) groups is 1. The van der Waals surface area contributed by atoms with Gasteiger partial charge in [-0.05, 0) is 39.0 Å². The molecule has 0 spiro atoms. The maximum atomic E-state index is 10.8. The standard InChI is InChI=1S/C23H34O3/c1-3-4-11-17-22(25)19-14-9-10-15-20-23(26)18-13-8-6-5-7-12-16-21(2)24/h4-5,7-11,13-15,19-20,22-23,25-26H,3,6,12,16-18H2,1-2H3/b7-5-,10-9+,11-4-,13-8-,19-14-,20-15+/t22-,23?/m0/s1. The molecule has 1 unspecified atom stereocenters. The van der Waals surface area contributed by atoms with E-state index < -0.39 is 12.2 Å². The molecular weight excluding hydrogens is 324 g/mol. The van der Waals surface area contributed by atoms with E-state index in [-0.39, 0.29) is 5.78 Å². The van der Waals surface area contributed by atoms with Gasteiger partial charge in [-0.3, -0.25) is 0 Å². The molecule has 0 saturated heterocycles. The number of aliphatic hydroxyl groups excluding tert-OH is 2. The Morgan fingerprint density at radius 2 is 1.35 bits per heavy atom. The smallest absolute Gasteiger partial charge is 0.130 e. The van der Waals surface area contributed by atoms with Crippen LogP contribution < -0.4 is 0 Å². The van der Waals surface area contributed by atoms with Gasteiger partial charge in [0.1, 0.15) is 5.78 Å². The summed E-state index contributed by atoms with van der Waals surface area (Å²) in [6.07, 6.45) is 26.2. The minimum atomic E-state index is -0.508. The van der Waals surface area contributed by atoms with Crippen LogP contribution in [0.3, 0.4) is 0 Å². The zero-order chi connectivity index (χ0) is 19.5. The van der Waals surface area contributed by atoms with Crippen LogP contribution in [0.25, 0.3) is 0 Å². The molecule has 0 bridgehead atoms. The maximum absolute atomic E-state index is 10.8. The Balaban J connectivity index is 3.87. The third kappa shape index (κ3) is 18.4. The van der Waals surface area contributed by atoms with Gasteiger partial charge >= 0.3 is 0 Å². The van der Waals surface area contributed by atoms with Crippen LogP contribution in [0.5, 0.6) is 0 Å². The number of aliphatic hydroxyl groups is 2. The zero-order valence-electron chi connectivity index (χ0n) is 16.1. The summed E-state index contributed by atoms with van der Waals surface area (Å²) in [4.78, 5) is 10.8. The van der Waals surface area contributed by atoms with Crippen LogP contribution in [0.15, 0.2) is 72.9 Å². The summed E-state index contributed by atoms with van der Waals surface area (Å²) in [7, 11) is 0. The second kappa shape index (κ2) is 17.8. The number of carbonyl (C=O) groups excluding carboxylic acids is 1. The number of hydrogen-bond acceptors (Lipinski definition) is 3. The minimum Gasteiger partial charge on any atom is -0.389 e. The average Bonchev–Trinajstić information content (AvgIpc) is 2.60. The highest BCUT2D eigenvalue weighted by atomic mass is 16.3. The summed E-state index contributed by atoms with van der Waals surface area (Å²) < 4.78 is 0. The predicted molar refractivity (Wildman–Crippen MR) is 111 cm³/mol. The molecule has 3 heteroatoms. The van der Waals surface area contributed by atoms with E-state index in [1.807, 2.05) is 48.6 Å². The summed E-state index contributed by atoms with van der Waals surface area (Å²) in [6, 6.07) is 0. The van der Waals surface area contributed by atoms with E-state index in [1.165, 1.54) is 0 Å². The molecule has 0 aliphatic carbocycles. The molecule has 0 aromatic heterocycles. The van der Waals surface area contributed by atoms with E-state index in [0.717, 1.165) is 19.3 Å². The van der Waals surface area contributed by atoms with Gasteiger partial charge in [-0.2, -0.15) is 0 Å². The van der Waals surface area contributed by atoms with Crippen LogP contribution in [0.1, 0.15) is 52.4 Å². The topological polar surface area (TPSA) is 57.5 Å². The van der Waals surface area contributed by atoms with Crippen molar-refractivity contribution in [3.63, 3.8) is 0 Å². The molecule has 2 atom stereocenters. The lowest BCUT2D eigenvalue weighted by molar-refractivity contribution is -0.116. The molecule has 0 aromatic rings. The monoisotopic (exact) mass is 358 g/mol. The SMILES string of the molecule is CC/C=C\C[C@H](O)\C=C/C=C/C=C/C(O)C/C=C\C/C=C\CCC(C)=O. The molecule has 0 aliphatic rings. The van der Waals surface area contributed by atoms with Gasteiger partial charge in [0.25, 0.3) is 0 Å². The first-order chi connectivity index (χ1) is 12.6. The quantitative estimate of drug-likeness (QED) is 0.339. The Morgan fingerprint density at radius 1 is 0.808 bits per heavy atom. The molecule has 0 aromatic carbocycles. The van der Waals surface area contributed by atoms with Crippen molar-refractivity contribution in [1.82, 2.24) is 0 Å². The van der Waals surface area contributed by atoms with Crippen molar-refractivity contribution < 1.29 is 15.0 Å². The summed E-state index contributed by atoms with van der Waals surface area (Å²) in [5, 5.41) is 19.5. The summed E-state index contributed by atoms with van der Waals surface area (Å²) >= 11 is 0. The average molecular weight is 359 g/mol. The van der Waals surface area contributed by atoms with Crippen molar-refractivity contribution in [1.29, 1.82) is 0 Å². The Hall–Kier alpha value is -1.97. The fourth-order valence-corrected chi connectivity index (χ4v) is 1.98. The number of Topliss-reactive ketones (excluding diaryl/α,β-unsaturated/α-hetero) is 1. The molecule has 144 valence electrons.